The van der Waals surface area contributed by atoms with Gasteiger partial charge in [-0.3, -0.25) is 19.3 Å². The second-order valence-corrected chi connectivity index (χ2v) is 8.37. The van der Waals surface area contributed by atoms with Gasteiger partial charge in [0.25, 0.3) is 11.8 Å². The van der Waals surface area contributed by atoms with Crippen LogP contribution in [0.25, 0.3) is 0 Å². The first-order valence-corrected chi connectivity index (χ1v) is 11.2. The fourth-order valence-electron chi connectivity index (χ4n) is 4.21. The minimum Gasteiger partial charge on any atom is -0.454 e. The van der Waals surface area contributed by atoms with Crippen molar-refractivity contribution in [3.63, 3.8) is 0 Å². The molecule has 180 valence electrons. The third kappa shape index (κ3) is 4.79. The average molecular weight is 475 g/mol. The van der Waals surface area contributed by atoms with E-state index in [4.69, 9.17) is 9.47 Å². The summed E-state index contributed by atoms with van der Waals surface area (Å²) in [4.78, 5) is 51.4. The van der Waals surface area contributed by atoms with Crippen molar-refractivity contribution >= 4 is 23.6 Å². The van der Waals surface area contributed by atoms with Crippen LogP contribution in [0.1, 0.15) is 58.4 Å². The highest BCUT2D eigenvalue weighted by molar-refractivity contribution is 6.21. The molecule has 0 atom stereocenters. The molecule has 2 heterocycles. The van der Waals surface area contributed by atoms with Gasteiger partial charge in [0.2, 0.25) is 5.78 Å². The van der Waals surface area contributed by atoms with Gasteiger partial charge in [-0.1, -0.05) is 24.3 Å². The zero-order valence-corrected chi connectivity index (χ0v) is 19.9. The van der Waals surface area contributed by atoms with Crippen molar-refractivity contribution in [3.05, 3.63) is 93.8 Å². The summed E-state index contributed by atoms with van der Waals surface area (Å²) in [6.45, 7) is 4.65. The van der Waals surface area contributed by atoms with E-state index >= 15 is 0 Å². The predicted octanol–water partition coefficient (Wildman–Crippen LogP) is 3.59. The maximum Gasteiger partial charge on any atom is 0.338 e. The number of aromatic nitrogens is 1. The number of carbonyl (C=O) groups excluding carboxylic acids is 4. The van der Waals surface area contributed by atoms with Crippen LogP contribution in [0.5, 0.6) is 0 Å². The smallest absolute Gasteiger partial charge is 0.338 e. The first-order chi connectivity index (χ1) is 16.8. The lowest BCUT2D eigenvalue weighted by molar-refractivity contribution is 0.0474. The molecular formula is C27H26N2O6. The number of methoxy groups -OCH3 is 1. The molecule has 35 heavy (non-hydrogen) atoms. The molecule has 4 rings (SSSR count). The van der Waals surface area contributed by atoms with Gasteiger partial charge in [-0.2, -0.15) is 0 Å². The van der Waals surface area contributed by atoms with Gasteiger partial charge in [0, 0.05) is 30.6 Å². The third-order valence-electron chi connectivity index (χ3n) is 6.14. The number of amides is 2. The minimum atomic E-state index is -0.626. The molecule has 0 bridgehead atoms. The van der Waals surface area contributed by atoms with E-state index in [9.17, 15) is 19.2 Å². The van der Waals surface area contributed by atoms with E-state index in [-0.39, 0.29) is 36.3 Å². The largest absolute Gasteiger partial charge is 0.454 e. The Morgan fingerprint density at radius 3 is 2.14 bits per heavy atom. The highest BCUT2D eigenvalue weighted by Gasteiger charge is 2.34. The number of hydrogen-bond acceptors (Lipinski definition) is 6. The molecule has 0 N–H and O–H groups in total. The summed E-state index contributed by atoms with van der Waals surface area (Å²) < 4.78 is 12.3. The van der Waals surface area contributed by atoms with Crippen molar-refractivity contribution in [2.24, 2.45) is 0 Å². The summed E-state index contributed by atoms with van der Waals surface area (Å²) in [5.41, 5.74) is 4.00. The molecule has 1 aliphatic heterocycles. The van der Waals surface area contributed by atoms with Gasteiger partial charge in [0.15, 0.2) is 6.61 Å². The van der Waals surface area contributed by atoms with Crippen molar-refractivity contribution < 1.29 is 28.7 Å². The molecule has 0 radical (unpaired) electrons. The molecule has 0 unspecified atom stereocenters. The Morgan fingerprint density at radius 2 is 1.54 bits per heavy atom. The molecule has 0 saturated heterocycles. The number of benzene rings is 2. The van der Waals surface area contributed by atoms with Crippen LogP contribution in [0, 0.1) is 13.8 Å². The molecule has 8 heteroatoms. The van der Waals surface area contributed by atoms with E-state index in [1.54, 1.807) is 61.7 Å². The number of carbonyl (C=O) groups is 4. The molecule has 2 aromatic carbocycles. The number of nitrogens with zero attached hydrogens (tertiary/aromatic N) is 2. The van der Waals surface area contributed by atoms with Crippen LogP contribution in [0.2, 0.25) is 0 Å². The number of rotatable bonds is 9. The number of imide groups is 1. The van der Waals surface area contributed by atoms with Gasteiger partial charge < -0.3 is 14.0 Å². The van der Waals surface area contributed by atoms with Crippen molar-refractivity contribution in [1.82, 2.24) is 9.47 Å². The van der Waals surface area contributed by atoms with E-state index < -0.39 is 5.97 Å². The summed E-state index contributed by atoms with van der Waals surface area (Å²) in [7, 11) is 1.62. The zero-order chi connectivity index (χ0) is 25.1. The summed E-state index contributed by atoms with van der Waals surface area (Å²) in [5, 5.41) is 0. The fraction of sp³-hybridized carbons (Fsp3) is 0.259. The van der Waals surface area contributed by atoms with Crippen molar-refractivity contribution in [2.75, 3.05) is 20.3 Å². The van der Waals surface area contributed by atoms with Gasteiger partial charge >= 0.3 is 5.97 Å². The number of aryl methyl sites for hydroxylation is 1. The maximum atomic E-state index is 12.7. The Bertz CT molecular complexity index is 1270. The van der Waals surface area contributed by atoms with Crippen LogP contribution in [0.3, 0.4) is 0 Å². The van der Waals surface area contributed by atoms with E-state index in [1.807, 2.05) is 18.4 Å². The fourth-order valence-corrected chi connectivity index (χ4v) is 4.21. The lowest BCUT2D eigenvalue weighted by atomic mass is 10.1. The molecule has 0 spiro atoms. The van der Waals surface area contributed by atoms with Crippen LogP contribution in [-0.4, -0.2) is 53.4 Å². The normalized spacial score (nSPS) is 12.7. The number of fused-ring (bicyclic) bond motifs is 1. The predicted molar refractivity (Wildman–Crippen MR) is 127 cm³/mol. The van der Waals surface area contributed by atoms with Crippen LogP contribution < -0.4 is 0 Å². The molecule has 1 aromatic heterocycles. The maximum absolute atomic E-state index is 12.7. The quantitative estimate of drug-likeness (QED) is 0.267. The summed E-state index contributed by atoms with van der Waals surface area (Å²) in [6, 6.07) is 14.9. The standard InChI is InChI=1S/C27H26N2O6/c1-17-14-23(18(2)28(17)12-13-34-3)24(30)16-35-27(33)20-10-8-19(9-11-20)15-29-25(31)21-6-4-5-7-22(21)26(29)32/h4-11,14H,12-13,15-16H2,1-3H3. The summed E-state index contributed by atoms with van der Waals surface area (Å²) in [6.07, 6.45) is 0. The molecular weight excluding hydrogens is 448 g/mol. The second-order valence-electron chi connectivity index (χ2n) is 8.37. The number of ketones is 1. The van der Waals surface area contributed by atoms with Crippen LogP contribution in [0.15, 0.2) is 54.6 Å². The lowest BCUT2D eigenvalue weighted by Crippen LogP contribution is -2.29. The molecule has 0 fully saturated rings. The topological polar surface area (TPSA) is 94.9 Å². The van der Waals surface area contributed by atoms with Crippen molar-refractivity contribution in [3.8, 4) is 0 Å². The Hall–Kier alpha value is -4.04. The minimum absolute atomic E-state index is 0.0961. The molecule has 3 aromatic rings. The van der Waals surface area contributed by atoms with Gasteiger partial charge in [-0.15, -0.1) is 0 Å². The van der Waals surface area contributed by atoms with Crippen molar-refractivity contribution in [1.29, 1.82) is 0 Å². The summed E-state index contributed by atoms with van der Waals surface area (Å²) in [5.74, 6) is -1.58. The number of hydrogen-bond donors (Lipinski definition) is 0. The molecule has 0 aliphatic carbocycles. The first kappa shape index (κ1) is 24.1. The number of esters is 1. The Balaban J connectivity index is 1.36. The molecule has 1 aliphatic rings. The third-order valence-corrected chi connectivity index (χ3v) is 6.14. The number of ether oxygens (including phenoxy) is 2. The Labute approximate surface area is 203 Å². The van der Waals surface area contributed by atoms with E-state index in [0.717, 1.165) is 11.4 Å². The molecule has 0 saturated carbocycles. The van der Waals surface area contributed by atoms with Gasteiger partial charge in [0.05, 0.1) is 29.8 Å². The van der Waals surface area contributed by atoms with Crippen LogP contribution >= 0.6 is 0 Å². The monoisotopic (exact) mass is 474 g/mol. The summed E-state index contributed by atoms with van der Waals surface area (Å²) >= 11 is 0. The first-order valence-electron chi connectivity index (χ1n) is 11.2. The van der Waals surface area contributed by atoms with Gasteiger partial charge in [-0.25, -0.2) is 4.79 Å². The van der Waals surface area contributed by atoms with E-state index in [2.05, 4.69) is 0 Å². The lowest BCUT2D eigenvalue weighted by Gasteiger charge is -2.14. The van der Waals surface area contributed by atoms with Crippen molar-refractivity contribution in [2.45, 2.75) is 26.9 Å². The van der Waals surface area contributed by atoms with Crippen LogP contribution in [-0.2, 0) is 22.6 Å². The van der Waals surface area contributed by atoms with Crippen LogP contribution in [0.4, 0.5) is 0 Å². The molecule has 8 nitrogen and oxygen atoms in total. The van der Waals surface area contributed by atoms with Gasteiger partial charge in [-0.05, 0) is 49.7 Å². The Morgan fingerprint density at radius 1 is 0.914 bits per heavy atom. The average Bonchev–Trinajstić information content (AvgIpc) is 3.29. The zero-order valence-electron chi connectivity index (χ0n) is 19.9. The SMILES string of the molecule is COCCn1c(C)cc(C(=O)COC(=O)c2ccc(CN3C(=O)c4ccccc4C3=O)cc2)c1C. The van der Waals surface area contributed by atoms with Gasteiger partial charge in [0.1, 0.15) is 0 Å². The highest BCUT2D eigenvalue weighted by Crippen LogP contribution is 2.24. The van der Waals surface area contributed by atoms with E-state index in [0.29, 0.717) is 35.4 Å². The highest BCUT2D eigenvalue weighted by atomic mass is 16.5. The second kappa shape index (κ2) is 10.1. The Kier molecular flexibility index (Phi) is 6.93. The van der Waals surface area contributed by atoms with E-state index in [1.165, 1.54) is 4.90 Å². The number of Topliss-reactive ketones (excluding diaryl/α,β-unsaturated/α-hetero) is 1. The molecule has 2 amide bonds.